The standard InChI is InChI=1S/C12H12BrN3O2S/c1-16(5-9(14)17)12(18)11-10(15)7-4-6(13)2-3-8(7)19-11/h2-4H,5,15H2,1H3,(H2,14,17). The van der Waals surface area contributed by atoms with Crippen LogP contribution in [0.25, 0.3) is 10.1 Å². The fourth-order valence-electron chi connectivity index (χ4n) is 1.73. The smallest absolute Gasteiger partial charge is 0.266 e. The van der Waals surface area contributed by atoms with Gasteiger partial charge in [0.2, 0.25) is 5.91 Å². The first-order valence-corrected chi connectivity index (χ1v) is 7.02. The number of carbonyl (C=O) groups is 2. The number of carbonyl (C=O) groups excluding carboxylic acids is 2. The molecule has 0 spiro atoms. The lowest BCUT2D eigenvalue weighted by atomic mass is 10.2. The first-order chi connectivity index (χ1) is 8.90. The van der Waals surface area contributed by atoms with E-state index in [9.17, 15) is 9.59 Å². The van der Waals surface area contributed by atoms with Crippen LogP contribution >= 0.6 is 27.3 Å². The van der Waals surface area contributed by atoms with Crippen LogP contribution in [-0.2, 0) is 4.79 Å². The molecule has 0 aliphatic carbocycles. The maximum absolute atomic E-state index is 12.2. The van der Waals surface area contributed by atoms with Gasteiger partial charge in [0.15, 0.2) is 0 Å². The molecule has 1 aromatic carbocycles. The zero-order valence-corrected chi connectivity index (χ0v) is 12.5. The molecule has 0 aliphatic rings. The average Bonchev–Trinajstić information content (AvgIpc) is 2.65. The molecule has 0 radical (unpaired) electrons. The molecule has 1 heterocycles. The third kappa shape index (κ3) is 2.71. The minimum atomic E-state index is -0.557. The maximum atomic E-state index is 12.2. The second-order valence-electron chi connectivity index (χ2n) is 4.11. The molecule has 0 fully saturated rings. The summed E-state index contributed by atoms with van der Waals surface area (Å²) in [5.74, 6) is -0.855. The number of nitrogens with zero attached hydrogens (tertiary/aromatic N) is 1. The minimum absolute atomic E-state index is 0.129. The number of primary amides is 1. The van der Waals surface area contributed by atoms with Crippen molar-refractivity contribution in [2.75, 3.05) is 19.3 Å². The number of likely N-dealkylation sites (N-methyl/N-ethyl adjacent to an activating group) is 1. The van der Waals surface area contributed by atoms with Crippen LogP contribution in [0.1, 0.15) is 9.67 Å². The Morgan fingerprint density at radius 1 is 1.42 bits per heavy atom. The van der Waals surface area contributed by atoms with E-state index in [1.165, 1.54) is 23.3 Å². The molecule has 1 aromatic heterocycles. The highest BCUT2D eigenvalue weighted by Crippen LogP contribution is 2.35. The molecule has 5 nitrogen and oxygen atoms in total. The summed E-state index contributed by atoms with van der Waals surface area (Å²) in [4.78, 5) is 24.7. The summed E-state index contributed by atoms with van der Waals surface area (Å²) < 4.78 is 1.82. The second kappa shape index (κ2) is 5.18. The van der Waals surface area contributed by atoms with E-state index in [0.29, 0.717) is 10.6 Å². The molecule has 0 saturated carbocycles. The third-order valence-electron chi connectivity index (χ3n) is 2.62. The van der Waals surface area contributed by atoms with Crippen LogP contribution in [0.5, 0.6) is 0 Å². The Bertz CT molecular complexity index is 668. The van der Waals surface area contributed by atoms with E-state index >= 15 is 0 Å². The maximum Gasteiger partial charge on any atom is 0.266 e. The van der Waals surface area contributed by atoms with Gasteiger partial charge in [-0.1, -0.05) is 15.9 Å². The Hall–Kier alpha value is -1.60. The number of anilines is 1. The Labute approximate surface area is 122 Å². The largest absolute Gasteiger partial charge is 0.397 e. The van der Waals surface area contributed by atoms with E-state index in [0.717, 1.165) is 14.6 Å². The summed E-state index contributed by atoms with van der Waals surface area (Å²) in [6.45, 7) is -0.129. The quantitative estimate of drug-likeness (QED) is 0.891. The van der Waals surface area contributed by atoms with Gasteiger partial charge in [0, 0.05) is 21.6 Å². The number of halogens is 1. The van der Waals surface area contributed by atoms with Gasteiger partial charge >= 0.3 is 0 Å². The predicted molar refractivity (Wildman–Crippen MR) is 80.1 cm³/mol. The van der Waals surface area contributed by atoms with Gasteiger partial charge in [0.1, 0.15) is 4.88 Å². The highest BCUT2D eigenvalue weighted by atomic mass is 79.9. The van der Waals surface area contributed by atoms with Gasteiger partial charge in [-0.05, 0) is 18.2 Å². The minimum Gasteiger partial charge on any atom is -0.397 e. The zero-order chi connectivity index (χ0) is 14.2. The molecule has 0 unspecified atom stereocenters. The Balaban J connectivity index is 2.42. The van der Waals surface area contributed by atoms with Gasteiger partial charge in [-0.25, -0.2) is 0 Å². The number of nitrogen functional groups attached to an aromatic ring is 1. The molecule has 7 heteroatoms. The van der Waals surface area contributed by atoms with E-state index in [2.05, 4.69) is 15.9 Å². The molecule has 0 atom stereocenters. The lowest BCUT2D eigenvalue weighted by Crippen LogP contribution is -2.35. The molecule has 0 aliphatic heterocycles. The molecular weight excluding hydrogens is 330 g/mol. The highest BCUT2D eigenvalue weighted by Gasteiger charge is 2.20. The summed E-state index contributed by atoms with van der Waals surface area (Å²) in [6.07, 6.45) is 0. The van der Waals surface area contributed by atoms with Crippen molar-refractivity contribution in [1.82, 2.24) is 4.90 Å². The molecule has 0 bridgehead atoms. The lowest BCUT2D eigenvalue weighted by molar-refractivity contribution is -0.118. The summed E-state index contributed by atoms with van der Waals surface area (Å²) in [5.41, 5.74) is 11.5. The van der Waals surface area contributed by atoms with Crippen LogP contribution in [0.3, 0.4) is 0 Å². The molecule has 2 amide bonds. The Morgan fingerprint density at radius 3 is 2.74 bits per heavy atom. The van der Waals surface area contributed by atoms with Crippen LogP contribution in [0.4, 0.5) is 5.69 Å². The summed E-state index contributed by atoms with van der Waals surface area (Å²) in [6, 6.07) is 5.65. The second-order valence-corrected chi connectivity index (χ2v) is 6.08. The number of nitrogens with two attached hydrogens (primary N) is 2. The summed E-state index contributed by atoms with van der Waals surface area (Å²) in [7, 11) is 1.52. The van der Waals surface area contributed by atoms with Crippen LogP contribution in [0, 0.1) is 0 Å². The van der Waals surface area contributed by atoms with Gasteiger partial charge in [0.25, 0.3) is 5.91 Å². The topological polar surface area (TPSA) is 89.4 Å². The number of hydrogen-bond donors (Lipinski definition) is 2. The molecule has 100 valence electrons. The van der Waals surface area contributed by atoms with Crippen molar-refractivity contribution >= 4 is 54.9 Å². The number of benzene rings is 1. The van der Waals surface area contributed by atoms with E-state index in [4.69, 9.17) is 11.5 Å². The number of hydrogen-bond acceptors (Lipinski definition) is 4. The molecule has 19 heavy (non-hydrogen) atoms. The van der Waals surface area contributed by atoms with E-state index in [-0.39, 0.29) is 12.5 Å². The summed E-state index contributed by atoms with van der Waals surface area (Å²) in [5, 5.41) is 0.829. The van der Waals surface area contributed by atoms with Gasteiger partial charge < -0.3 is 16.4 Å². The predicted octanol–water partition coefficient (Wildman–Crippen LogP) is 1.80. The normalized spacial score (nSPS) is 10.6. The van der Waals surface area contributed by atoms with Crippen molar-refractivity contribution in [3.63, 3.8) is 0 Å². The number of rotatable bonds is 3. The van der Waals surface area contributed by atoms with Crippen LogP contribution in [-0.4, -0.2) is 30.3 Å². The summed E-state index contributed by atoms with van der Waals surface area (Å²) >= 11 is 4.67. The zero-order valence-electron chi connectivity index (χ0n) is 10.1. The van der Waals surface area contributed by atoms with Crippen molar-refractivity contribution in [1.29, 1.82) is 0 Å². The first kappa shape index (κ1) is 13.8. The molecular formula is C12H12BrN3O2S. The van der Waals surface area contributed by atoms with Gasteiger partial charge in [-0.3, -0.25) is 9.59 Å². The molecule has 0 saturated heterocycles. The van der Waals surface area contributed by atoms with Crippen molar-refractivity contribution in [3.8, 4) is 0 Å². The van der Waals surface area contributed by atoms with Gasteiger partial charge in [0.05, 0.1) is 12.2 Å². The van der Waals surface area contributed by atoms with Crippen LogP contribution < -0.4 is 11.5 Å². The SMILES string of the molecule is CN(CC(N)=O)C(=O)c1sc2ccc(Br)cc2c1N. The first-order valence-electron chi connectivity index (χ1n) is 5.41. The fraction of sp³-hybridized carbons (Fsp3) is 0.167. The van der Waals surface area contributed by atoms with Crippen molar-refractivity contribution in [2.24, 2.45) is 5.73 Å². The van der Waals surface area contributed by atoms with Gasteiger partial charge in [-0.2, -0.15) is 0 Å². The molecule has 4 N–H and O–H groups in total. The number of fused-ring (bicyclic) bond motifs is 1. The Kier molecular flexibility index (Phi) is 3.77. The van der Waals surface area contributed by atoms with Crippen molar-refractivity contribution < 1.29 is 9.59 Å². The van der Waals surface area contributed by atoms with Crippen molar-refractivity contribution in [3.05, 3.63) is 27.5 Å². The third-order valence-corrected chi connectivity index (χ3v) is 4.29. The Morgan fingerprint density at radius 2 is 2.11 bits per heavy atom. The van der Waals surface area contributed by atoms with Crippen molar-refractivity contribution in [2.45, 2.75) is 0 Å². The highest BCUT2D eigenvalue weighted by molar-refractivity contribution is 9.10. The molecule has 2 rings (SSSR count). The monoisotopic (exact) mass is 341 g/mol. The molecule has 2 aromatic rings. The number of amides is 2. The van der Waals surface area contributed by atoms with Crippen LogP contribution in [0.2, 0.25) is 0 Å². The van der Waals surface area contributed by atoms with E-state index in [1.807, 2.05) is 18.2 Å². The average molecular weight is 342 g/mol. The van der Waals surface area contributed by atoms with E-state index < -0.39 is 5.91 Å². The lowest BCUT2D eigenvalue weighted by Gasteiger charge is -2.14. The van der Waals surface area contributed by atoms with E-state index in [1.54, 1.807) is 0 Å². The van der Waals surface area contributed by atoms with Crippen LogP contribution in [0.15, 0.2) is 22.7 Å². The fourth-order valence-corrected chi connectivity index (χ4v) is 3.19. The number of thiophene rings is 1. The van der Waals surface area contributed by atoms with Gasteiger partial charge in [-0.15, -0.1) is 11.3 Å².